The molecular formula is C17H20ClN3O2. The average molecular weight is 334 g/mol. The Morgan fingerprint density at radius 1 is 1.30 bits per heavy atom. The van der Waals surface area contributed by atoms with E-state index in [-0.39, 0.29) is 5.91 Å². The lowest BCUT2D eigenvalue weighted by Gasteiger charge is -2.11. The number of ether oxygens (including phenoxy) is 1. The number of nitrogens with zero attached hydrogens (tertiary/aromatic N) is 1. The number of nitrogens with one attached hydrogen (secondary N) is 2. The Labute approximate surface area is 141 Å². The molecule has 2 N–H and O–H groups in total. The van der Waals surface area contributed by atoms with Crippen LogP contribution in [-0.4, -0.2) is 24.5 Å². The number of hydrogen-bond acceptors (Lipinski definition) is 4. The number of unbranched alkanes of at least 4 members (excludes halogenated alkanes) is 1. The molecule has 122 valence electrons. The quantitative estimate of drug-likeness (QED) is 0.745. The molecule has 1 amide bonds. The highest BCUT2D eigenvalue weighted by atomic mass is 35.5. The number of rotatable bonds is 7. The van der Waals surface area contributed by atoms with Crippen molar-refractivity contribution in [2.45, 2.75) is 19.8 Å². The van der Waals surface area contributed by atoms with E-state index in [0.717, 1.165) is 25.2 Å². The molecule has 0 radical (unpaired) electrons. The van der Waals surface area contributed by atoms with Gasteiger partial charge in [-0.25, -0.2) is 4.98 Å². The highest BCUT2D eigenvalue weighted by molar-refractivity contribution is 6.31. The number of anilines is 2. The Morgan fingerprint density at radius 2 is 2.13 bits per heavy atom. The molecule has 1 aromatic carbocycles. The molecule has 0 bridgehead atoms. The van der Waals surface area contributed by atoms with Crippen LogP contribution in [0.5, 0.6) is 5.75 Å². The summed E-state index contributed by atoms with van der Waals surface area (Å²) in [5.41, 5.74) is 0.989. The third kappa shape index (κ3) is 4.86. The molecule has 2 rings (SSSR count). The van der Waals surface area contributed by atoms with Crippen molar-refractivity contribution in [2.24, 2.45) is 0 Å². The van der Waals surface area contributed by atoms with Crippen molar-refractivity contribution < 1.29 is 9.53 Å². The first kappa shape index (κ1) is 17.1. The smallest absolute Gasteiger partial charge is 0.257 e. The molecule has 0 aliphatic rings. The maximum absolute atomic E-state index is 12.3. The number of carbonyl (C=O) groups is 1. The predicted molar refractivity (Wildman–Crippen MR) is 93.6 cm³/mol. The Balaban J connectivity index is 2.05. The Kier molecular flexibility index (Phi) is 6.23. The topological polar surface area (TPSA) is 63.2 Å². The fourth-order valence-corrected chi connectivity index (χ4v) is 2.17. The van der Waals surface area contributed by atoms with Crippen molar-refractivity contribution >= 4 is 29.0 Å². The first-order valence-electron chi connectivity index (χ1n) is 7.49. The molecule has 0 aliphatic heterocycles. The molecule has 0 aliphatic carbocycles. The normalized spacial score (nSPS) is 10.2. The zero-order valence-corrected chi connectivity index (χ0v) is 14.0. The summed E-state index contributed by atoms with van der Waals surface area (Å²) in [4.78, 5) is 16.5. The third-order valence-corrected chi connectivity index (χ3v) is 3.51. The van der Waals surface area contributed by atoms with Gasteiger partial charge in [0.2, 0.25) is 0 Å². The number of benzene rings is 1. The highest BCUT2D eigenvalue weighted by Gasteiger charge is 2.11. The van der Waals surface area contributed by atoms with Crippen LogP contribution in [0.15, 0.2) is 36.5 Å². The van der Waals surface area contributed by atoms with Gasteiger partial charge in [-0.2, -0.15) is 0 Å². The molecule has 0 saturated carbocycles. The van der Waals surface area contributed by atoms with Crippen LogP contribution in [0.2, 0.25) is 5.02 Å². The van der Waals surface area contributed by atoms with E-state index in [0.29, 0.717) is 22.0 Å². The molecule has 0 spiro atoms. The van der Waals surface area contributed by atoms with E-state index in [9.17, 15) is 4.79 Å². The molecule has 2 aromatic rings. The van der Waals surface area contributed by atoms with Gasteiger partial charge in [0.05, 0.1) is 18.4 Å². The number of carbonyl (C=O) groups excluding carboxylic acids is 1. The average Bonchev–Trinajstić information content (AvgIpc) is 2.56. The molecule has 1 aromatic heterocycles. The predicted octanol–water partition coefficient (Wildman–Crippen LogP) is 4.21. The van der Waals surface area contributed by atoms with Gasteiger partial charge in [-0.1, -0.05) is 24.9 Å². The number of hydrogen-bond donors (Lipinski definition) is 2. The second-order valence-electron chi connectivity index (χ2n) is 5.01. The second-order valence-corrected chi connectivity index (χ2v) is 5.45. The van der Waals surface area contributed by atoms with Crippen molar-refractivity contribution in [3.8, 4) is 5.75 Å². The summed E-state index contributed by atoms with van der Waals surface area (Å²) in [6.07, 6.45) is 3.74. The molecule has 0 unspecified atom stereocenters. The van der Waals surface area contributed by atoms with Gasteiger partial charge in [0.1, 0.15) is 11.6 Å². The minimum atomic E-state index is -0.266. The van der Waals surface area contributed by atoms with Crippen LogP contribution in [-0.2, 0) is 0 Å². The first-order valence-corrected chi connectivity index (χ1v) is 7.86. The van der Waals surface area contributed by atoms with E-state index in [4.69, 9.17) is 16.3 Å². The first-order chi connectivity index (χ1) is 11.1. The van der Waals surface area contributed by atoms with Crippen LogP contribution in [0.3, 0.4) is 0 Å². The van der Waals surface area contributed by atoms with E-state index in [1.807, 2.05) is 0 Å². The van der Waals surface area contributed by atoms with Gasteiger partial charge in [0.25, 0.3) is 5.91 Å². The van der Waals surface area contributed by atoms with Gasteiger partial charge in [-0.15, -0.1) is 0 Å². The van der Waals surface area contributed by atoms with Crippen LogP contribution in [0, 0.1) is 0 Å². The number of pyridine rings is 1. The monoisotopic (exact) mass is 333 g/mol. The zero-order valence-electron chi connectivity index (χ0n) is 13.2. The summed E-state index contributed by atoms with van der Waals surface area (Å²) >= 11 is 5.96. The minimum absolute atomic E-state index is 0.266. The van der Waals surface area contributed by atoms with E-state index < -0.39 is 0 Å². The van der Waals surface area contributed by atoms with Gasteiger partial charge in [-0.05, 0) is 36.8 Å². The summed E-state index contributed by atoms with van der Waals surface area (Å²) in [5, 5.41) is 6.51. The fourth-order valence-electron chi connectivity index (χ4n) is 2.00. The highest BCUT2D eigenvalue weighted by Crippen LogP contribution is 2.28. The molecule has 0 saturated heterocycles. The summed E-state index contributed by atoms with van der Waals surface area (Å²) in [5.74, 6) is 1.04. The lowest BCUT2D eigenvalue weighted by Crippen LogP contribution is -2.13. The van der Waals surface area contributed by atoms with Crippen LogP contribution < -0.4 is 15.4 Å². The van der Waals surface area contributed by atoms with Crippen LogP contribution >= 0.6 is 11.6 Å². The third-order valence-electron chi connectivity index (χ3n) is 3.27. The summed E-state index contributed by atoms with van der Waals surface area (Å²) in [6, 6.07) is 8.57. The number of halogens is 1. The lowest BCUT2D eigenvalue weighted by atomic mass is 10.2. The van der Waals surface area contributed by atoms with E-state index >= 15 is 0 Å². The molecule has 6 heteroatoms. The molecular weight excluding hydrogens is 314 g/mol. The van der Waals surface area contributed by atoms with Crippen molar-refractivity contribution in [1.82, 2.24) is 4.98 Å². The Bertz CT molecular complexity index is 659. The molecule has 0 fully saturated rings. The fraction of sp³-hybridized carbons (Fsp3) is 0.294. The number of amides is 1. The van der Waals surface area contributed by atoms with Gasteiger partial charge < -0.3 is 15.4 Å². The van der Waals surface area contributed by atoms with Gasteiger partial charge in [0.15, 0.2) is 0 Å². The molecule has 5 nitrogen and oxygen atoms in total. The molecule has 0 atom stereocenters. The summed E-state index contributed by atoms with van der Waals surface area (Å²) < 4.78 is 5.21. The molecule has 23 heavy (non-hydrogen) atoms. The number of aromatic nitrogens is 1. The van der Waals surface area contributed by atoms with Crippen LogP contribution in [0.1, 0.15) is 30.1 Å². The van der Waals surface area contributed by atoms with Crippen molar-refractivity contribution in [1.29, 1.82) is 0 Å². The Hall–Kier alpha value is -2.27. The van der Waals surface area contributed by atoms with Gasteiger partial charge in [0, 0.05) is 17.8 Å². The van der Waals surface area contributed by atoms with Crippen LogP contribution in [0.4, 0.5) is 11.5 Å². The van der Waals surface area contributed by atoms with E-state index in [2.05, 4.69) is 22.5 Å². The van der Waals surface area contributed by atoms with E-state index in [1.165, 1.54) is 7.11 Å². The maximum Gasteiger partial charge on any atom is 0.257 e. The standard InChI is InChI=1S/C17H20ClN3O2/c1-3-4-9-19-16-8-5-12(11-20-16)17(22)21-14-10-13(18)6-7-15(14)23-2/h5-8,10-11H,3-4,9H2,1-2H3,(H,19,20)(H,21,22). The van der Waals surface area contributed by atoms with Crippen molar-refractivity contribution in [3.05, 3.63) is 47.1 Å². The van der Waals surface area contributed by atoms with Gasteiger partial charge in [-0.3, -0.25) is 4.79 Å². The van der Waals surface area contributed by atoms with Crippen molar-refractivity contribution in [3.63, 3.8) is 0 Å². The largest absolute Gasteiger partial charge is 0.495 e. The zero-order chi connectivity index (χ0) is 16.7. The van der Waals surface area contributed by atoms with Crippen LogP contribution in [0.25, 0.3) is 0 Å². The SMILES string of the molecule is CCCCNc1ccc(C(=O)Nc2cc(Cl)ccc2OC)cn1. The minimum Gasteiger partial charge on any atom is -0.495 e. The van der Waals surface area contributed by atoms with Gasteiger partial charge >= 0.3 is 0 Å². The lowest BCUT2D eigenvalue weighted by molar-refractivity contribution is 0.102. The summed E-state index contributed by atoms with van der Waals surface area (Å²) in [6.45, 7) is 3.00. The summed E-state index contributed by atoms with van der Waals surface area (Å²) in [7, 11) is 1.54. The second kappa shape index (κ2) is 8.39. The Morgan fingerprint density at radius 3 is 2.78 bits per heavy atom. The van der Waals surface area contributed by atoms with Crippen molar-refractivity contribution in [2.75, 3.05) is 24.3 Å². The van der Waals surface area contributed by atoms with E-state index in [1.54, 1.807) is 36.5 Å². The molecule has 1 heterocycles. The number of methoxy groups -OCH3 is 1. The maximum atomic E-state index is 12.3.